The third kappa shape index (κ3) is 2.45. The second-order valence-corrected chi connectivity index (χ2v) is 6.84. The maximum absolute atomic E-state index is 13.1. The van der Waals surface area contributed by atoms with Crippen LogP contribution in [0.3, 0.4) is 0 Å². The number of benzene rings is 1. The van der Waals surface area contributed by atoms with Crippen LogP contribution in [0.2, 0.25) is 0 Å². The molecule has 4 rings (SSSR count). The summed E-state index contributed by atoms with van der Waals surface area (Å²) in [5.41, 5.74) is 3.21. The Labute approximate surface area is 139 Å². The van der Waals surface area contributed by atoms with E-state index in [1.54, 1.807) is 17.7 Å². The van der Waals surface area contributed by atoms with E-state index in [1.165, 1.54) is 5.56 Å². The molecule has 0 unspecified atom stereocenters. The molecular weight excluding hydrogens is 306 g/mol. The predicted molar refractivity (Wildman–Crippen MR) is 92.5 cm³/mol. The Balaban J connectivity index is 1.63. The van der Waals surface area contributed by atoms with Gasteiger partial charge < -0.3 is 9.47 Å². The summed E-state index contributed by atoms with van der Waals surface area (Å²) in [5, 5.41) is 4.25. The molecule has 1 aromatic carbocycles. The Morgan fingerprint density at radius 3 is 3.04 bits per heavy atom. The summed E-state index contributed by atoms with van der Waals surface area (Å²) in [6, 6.07) is 10.1. The lowest BCUT2D eigenvalue weighted by Crippen LogP contribution is -2.35. The zero-order chi connectivity index (χ0) is 15.8. The molecule has 5 heteroatoms. The number of aromatic nitrogens is 2. The second kappa shape index (κ2) is 5.81. The molecule has 1 aliphatic rings. The summed E-state index contributed by atoms with van der Waals surface area (Å²) < 4.78 is 1.99. The Bertz CT molecular complexity index is 824. The molecule has 0 aliphatic carbocycles. The first-order chi connectivity index (χ1) is 11.3. The van der Waals surface area contributed by atoms with Gasteiger partial charge in [-0.2, -0.15) is 11.3 Å². The normalized spacial score (nSPS) is 19.3. The molecule has 1 fully saturated rings. The summed E-state index contributed by atoms with van der Waals surface area (Å²) in [7, 11) is 0. The lowest BCUT2D eigenvalue weighted by molar-refractivity contribution is -0.135. The minimum Gasteiger partial charge on any atom is -0.334 e. The van der Waals surface area contributed by atoms with Gasteiger partial charge in [-0.1, -0.05) is 12.1 Å². The highest BCUT2D eigenvalue weighted by Crippen LogP contribution is 2.35. The number of imidazole rings is 1. The highest BCUT2D eigenvalue weighted by molar-refractivity contribution is 7.08. The van der Waals surface area contributed by atoms with Crippen LogP contribution in [0.1, 0.15) is 37.4 Å². The molecule has 0 radical (unpaired) electrons. The van der Waals surface area contributed by atoms with Crippen molar-refractivity contribution >= 4 is 28.3 Å². The van der Waals surface area contributed by atoms with Crippen LogP contribution < -0.4 is 0 Å². The maximum atomic E-state index is 13.1. The number of carbonyl (C=O) groups is 1. The molecule has 0 N–H and O–H groups in total. The van der Waals surface area contributed by atoms with Crippen LogP contribution in [0.15, 0.2) is 47.4 Å². The van der Waals surface area contributed by atoms with E-state index in [2.05, 4.69) is 21.8 Å². The lowest BCUT2D eigenvalue weighted by Gasteiger charge is -2.28. The summed E-state index contributed by atoms with van der Waals surface area (Å²) >= 11 is 1.70. The van der Waals surface area contributed by atoms with Gasteiger partial charge in [0.2, 0.25) is 5.91 Å². The molecule has 0 saturated carbocycles. The van der Waals surface area contributed by atoms with Crippen molar-refractivity contribution in [3.05, 3.63) is 53.0 Å². The first-order valence-corrected chi connectivity index (χ1v) is 8.94. The van der Waals surface area contributed by atoms with Gasteiger partial charge in [0.25, 0.3) is 0 Å². The molecule has 1 aliphatic heterocycles. The average molecular weight is 325 g/mol. The number of carbonyl (C=O) groups excluding carboxylic acids is 1. The van der Waals surface area contributed by atoms with Gasteiger partial charge in [0, 0.05) is 6.54 Å². The highest BCUT2D eigenvalue weighted by atomic mass is 32.1. The van der Waals surface area contributed by atoms with E-state index < -0.39 is 0 Å². The van der Waals surface area contributed by atoms with Gasteiger partial charge in [-0.25, -0.2) is 4.98 Å². The van der Waals surface area contributed by atoms with Crippen molar-refractivity contribution in [1.29, 1.82) is 0 Å². The fraction of sp³-hybridized carbons (Fsp3) is 0.333. The Hall–Kier alpha value is -2.14. The first-order valence-electron chi connectivity index (χ1n) is 8.00. The number of nitrogens with zero attached hydrogens (tertiary/aromatic N) is 3. The van der Waals surface area contributed by atoms with Crippen LogP contribution in [0.25, 0.3) is 11.0 Å². The maximum Gasteiger partial charge on any atom is 0.245 e. The molecule has 3 aromatic rings. The van der Waals surface area contributed by atoms with Crippen LogP contribution >= 0.6 is 11.3 Å². The Morgan fingerprint density at radius 1 is 1.35 bits per heavy atom. The third-order valence-corrected chi connectivity index (χ3v) is 5.42. The third-order valence-electron chi connectivity index (χ3n) is 4.72. The minimum atomic E-state index is -0.235. The molecule has 1 amide bonds. The second-order valence-electron chi connectivity index (χ2n) is 6.06. The molecule has 2 atom stereocenters. The van der Waals surface area contributed by atoms with Crippen LogP contribution in [0.5, 0.6) is 0 Å². The number of para-hydroxylation sites is 2. The van der Waals surface area contributed by atoms with Gasteiger partial charge in [0.05, 0.1) is 23.4 Å². The topological polar surface area (TPSA) is 38.1 Å². The monoisotopic (exact) mass is 325 g/mol. The zero-order valence-corrected chi connectivity index (χ0v) is 13.9. The minimum absolute atomic E-state index is 0.182. The van der Waals surface area contributed by atoms with E-state index >= 15 is 0 Å². The van der Waals surface area contributed by atoms with Gasteiger partial charge in [-0.3, -0.25) is 4.79 Å². The quantitative estimate of drug-likeness (QED) is 0.729. The van der Waals surface area contributed by atoms with Crippen LogP contribution in [0.4, 0.5) is 0 Å². The van der Waals surface area contributed by atoms with Gasteiger partial charge in [0.1, 0.15) is 6.04 Å². The Morgan fingerprint density at radius 2 is 2.22 bits per heavy atom. The van der Waals surface area contributed by atoms with Crippen molar-refractivity contribution in [2.24, 2.45) is 0 Å². The predicted octanol–water partition coefficient (Wildman–Crippen LogP) is 4.02. The summed E-state index contributed by atoms with van der Waals surface area (Å²) in [6.45, 7) is 2.82. The van der Waals surface area contributed by atoms with Crippen molar-refractivity contribution in [1.82, 2.24) is 14.5 Å². The number of hydrogen-bond acceptors (Lipinski definition) is 3. The molecule has 0 bridgehead atoms. The number of likely N-dealkylation sites (tertiary alicyclic amines) is 1. The Kier molecular flexibility index (Phi) is 3.65. The zero-order valence-electron chi connectivity index (χ0n) is 13.1. The van der Waals surface area contributed by atoms with E-state index in [4.69, 9.17) is 0 Å². The molecule has 1 saturated heterocycles. The SMILES string of the molecule is C[C@H](C(=O)N1CCC[C@@H]1c1ccsc1)n1cnc2ccccc21. The lowest BCUT2D eigenvalue weighted by atomic mass is 10.1. The van der Waals surface area contributed by atoms with Gasteiger partial charge in [0.15, 0.2) is 0 Å². The van der Waals surface area contributed by atoms with Crippen molar-refractivity contribution in [3.63, 3.8) is 0 Å². The van der Waals surface area contributed by atoms with Crippen LogP contribution in [0, 0.1) is 0 Å². The van der Waals surface area contributed by atoms with E-state index in [1.807, 2.05) is 40.7 Å². The molecule has 2 aromatic heterocycles. The van der Waals surface area contributed by atoms with Gasteiger partial charge in [-0.15, -0.1) is 0 Å². The van der Waals surface area contributed by atoms with E-state index in [0.29, 0.717) is 0 Å². The van der Waals surface area contributed by atoms with E-state index in [-0.39, 0.29) is 18.0 Å². The van der Waals surface area contributed by atoms with Crippen molar-refractivity contribution in [2.75, 3.05) is 6.54 Å². The molecule has 3 heterocycles. The summed E-state index contributed by atoms with van der Waals surface area (Å²) in [6.07, 6.45) is 3.91. The van der Waals surface area contributed by atoms with E-state index in [9.17, 15) is 4.79 Å². The number of rotatable bonds is 3. The number of amides is 1. The highest BCUT2D eigenvalue weighted by Gasteiger charge is 2.33. The van der Waals surface area contributed by atoms with Gasteiger partial charge >= 0.3 is 0 Å². The standard InChI is InChI=1S/C18H19N3OS/c1-13(21-12-19-15-5-2-3-6-17(15)21)18(22)20-9-4-7-16(20)14-8-10-23-11-14/h2-3,5-6,8,10-13,16H,4,7,9H2,1H3/t13-,16-/m1/s1. The number of hydrogen-bond donors (Lipinski definition) is 0. The number of fused-ring (bicyclic) bond motifs is 1. The van der Waals surface area contributed by atoms with E-state index in [0.717, 1.165) is 30.4 Å². The van der Waals surface area contributed by atoms with Crippen molar-refractivity contribution in [3.8, 4) is 0 Å². The molecule has 0 spiro atoms. The van der Waals surface area contributed by atoms with Crippen LogP contribution in [-0.2, 0) is 4.79 Å². The summed E-state index contributed by atoms with van der Waals surface area (Å²) in [5.74, 6) is 0.182. The smallest absolute Gasteiger partial charge is 0.245 e. The largest absolute Gasteiger partial charge is 0.334 e. The van der Waals surface area contributed by atoms with Crippen molar-refractivity contribution in [2.45, 2.75) is 31.8 Å². The molecular formula is C18H19N3OS. The first kappa shape index (κ1) is 14.5. The van der Waals surface area contributed by atoms with Crippen molar-refractivity contribution < 1.29 is 4.79 Å². The molecule has 118 valence electrons. The fourth-order valence-electron chi connectivity index (χ4n) is 3.49. The summed E-state index contributed by atoms with van der Waals surface area (Å²) in [4.78, 5) is 19.5. The van der Waals surface area contributed by atoms with Gasteiger partial charge in [-0.05, 0) is 54.3 Å². The number of thiophene rings is 1. The average Bonchev–Trinajstić information content (AvgIpc) is 3.31. The molecule has 4 nitrogen and oxygen atoms in total. The van der Waals surface area contributed by atoms with Crippen LogP contribution in [-0.4, -0.2) is 26.9 Å². The molecule has 23 heavy (non-hydrogen) atoms. The fourth-order valence-corrected chi connectivity index (χ4v) is 4.19.